The molecule has 0 saturated carbocycles. The van der Waals surface area contributed by atoms with Gasteiger partial charge in [0.1, 0.15) is 17.4 Å². The first-order valence-corrected chi connectivity index (χ1v) is 7.14. The van der Waals surface area contributed by atoms with Gasteiger partial charge < -0.3 is 10.5 Å². The van der Waals surface area contributed by atoms with Crippen LogP contribution in [-0.2, 0) is 9.53 Å². The Bertz CT molecular complexity index is 885. The molecular formula is C16H9F5N2O2. The van der Waals surface area contributed by atoms with Gasteiger partial charge in [-0.2, -0.15) is 5.26 Å². The summed E-state index contributed by atoms with van der Waals surface area (Å²) >= 11 is 0. The van der Waals surface area contributed by atoms with Crippen LogP contribution in [0.1, 0.15) is 30.7 Å². The number of nitrogens with zero attached hydrogens (tertiary/aromatic N) is 1. The maximum Gasteiger partial charge on any atom is 0.205 e. The van der Waals surface area contributed by atoms with Crippen LogP contribution in [0.15, 0.2) is 22.8 Å². The number of Topliss-reactive ketones (excluding diaryl/α,β-unsaturated/α-hetero) is 1. The Morgan fingerprint density at radius 2 is 1.56 bits per heavy atom. The van der Waals surface area contributed by atoms with Crippen molar-refractivity contribution in [3.05, 3.63) is 57.4 Å². The Morgan fingerprint density at radius 1 is 1.00 bits per heavy atom. The van der Waals surface area contributed by atoms with Gasteiger partial charge in [-0.05, 0) is 6.42 Å². The fourth-order valence-electron chi connectivity index (χ4n) is 3.02. The molecule has 1 aromatic carbocycles. The first kappa shape index (κ1) is 17.0. The van der Waals surface area contributed by atoms with Crippen LogP contribution in [0.3, 0.4) is 0 Å². The third kappa shape index (κ3) is 2.36. The molecule has 0 radical (unpaired) electrons. The van der Waals surface area contributed by atoms with E-state index >= 15 is 0 Å². The van der Waals surface area contributed by atoms with Gasteiger partial charge in [0, 0.05) is 24.0 Å². The number of nitriles is 1. The van der Waals surface area contributed by atoms with Crippen molar-refractivity contribution in [1.82, 2.24) is 0 Å². The largest absolute Gasteiger partial charge is 0.444 e. The molecule has 1 aliphatic carbocycles. The number of hydrogen-bond donors (Lipinski definition) is 1. The second-order valence-electron chi connectivity index (χ2n) is 5.52. The van der Waals surface area contributed by atoms with Crippen molar-refractivity contribution >= 4 is 5.78 Å². The highest BCUT2D eigenvalue weighted by Gasteiger charge is 2.42. The lowest BCUT2D eigenvalue weighted by Gasteiger charge is -2.31. The summed E-state index contributed by atoms with van der Waals surface area (Å²) in [7, 11) is 0. The van der Waals surface area contributed by atoms with Crippen LogP contribution in [-0.4, -0.2) is 5.78 Å². The number of ether oxygens (including phenoxy) is 1. The Balaban J connectivity index is 2.37. The van der Waals surface area contributed by atoms with Crippen molar-refractivity contribution in [2.75, 3.05) is 0 Å². The third-order valence-electron chi connectivity index (χ3n) is 4.14. The SMILES string of the molecule is N#CC1=C(N)OC2=C(C(=O)CCC2)C1c1c(F)c(F)c(F)c(F)c1F. The Morgan fingerprint density at radius 3 is 2.12 bits per heavy atom. The van der Waals surface area contributed by atoms with Gasteiger partial charge in [0.25, 0.3) is 0 Å². The summed E-state index contributed by atoms with van der Waals surface area (Å²) in [5.41, 5.74) is 3.38. The Kier molecular flexibility index (Phi) is 3.99. The van der Waals surface area contributed by atoms with Crippen molar-refractivity contribution in [2.45, 2.75) is 25.2 Å². The van der Waals surface area contributed by atoms with Crippen LogP contribution in [0.4, 0.5) is 22.0 Å². The molecule has 0 saturated heterocycles. The minimum Gasteiger partial charge on any atom is -0.444 e. The highest BCUT2D eigenvalue weighted by Crippen LogP contribution is 2.45. The standard InChI is InChI=1S/C16H9F5N2O2/c17-11-10(12(18)14(20)15(21)13(11)19)8-5(4-22)16(23)25-7-3-1-2-6(24)9(7)8/h8H,1-3,23H2. The van der Waals surface area contributed by atoms with Gasteiger partial charge in [-0.1, -0.05) is 0 Å². The number of nitrogens with two attached hydrogens (primary N) is 1. The van der Waals surface area contributed by atoms with E-state index in [0.29, 0.717) is 6.42 Å². The predicted octanol–water partition coefficient (Wildman–Crippen LogP) is 3.20. The van der Waals surface area contributed by atoms with Crippen LogP contribution >= 0.6 is 0 Å². The average molecular weight is 356 g/mol. The number of benzene rings is 1. The quantitative estimate of drug-likeness (QED) is 0.476. The zero-order valence-electron chi connectivity index (χ0n) is 12.4. The molecule has 0 bridgehead atoms. The third-order valence-corrected chi connectivity index (χ3v) is 4.14. The number of rotatable bonds is 1. The van der Waals surface area contributed by atoms with E-state index in [2.05, 4.69) is 0 Å². The summed E-state index contributed by atoms with van der Waals surface area (Å²) in [6.45, 7) is 0. The van der Waals surface area contributed by atoms with Crippen LogP contribution < -0.4 is 5.73 Å². The van der Waals surface area contributed by atoms with E-state index in [1.165, 1.54) is 6.07 Å². The second kappa shape index (κ2) is 5.88. The molecule has 1 atom stereocenters. The smallest absolute Gasteiger partial charge is 0.205 e. The van der Waals surface area contributed by atoms with Gasteiger partial charge in [-0.3, -0.25) is 4.79 Å². The Labute approximate surface area is 138 Å². The molecule has 1 unspecified atom stereocenters. The van der Waals surface area contributed by atoms with Gasteiger partial charge in [0.05, 0.1) is 5.92 Å². The molecular weight excluding hydrogens is 347 g/mol. The summed E-state index contributed by atoms with van der Waals surface area (Å²) in [5, 5.41) is 9.24. The molecule has 1 aliphatic heterocycles. The van der Waals surface area contributed by atoms with Crippen LogP contribution in [0.5, 0.6) is 0 Å². The molecule has 1 heterocycles. The lowest BCUT2D eigenvalue weighted by Crippen LogP contribution is -2.29. The number of ketones is 1. The summed E-state index contributed by atoms with van der Waals surface area (Å²) < 4.78 is 74.1. The van der Waals surface area contributed by atoms with Gasteiger partial charge >= 0.3 is 0 Å². The molecule has 0 aromatic heterocycles. The number of hydrogen-bond acceptors (Lipinski definition) is 4. The number of halogens is 5. The second-order valence-corrected chi connectivity index (χ2v) is 5.52. The molecule has 2 aliphatic rings. The molecule has 2 N–H and O–H groups in total. The molecule has 3 rings (SSSR count). The molecule has 4 nitrogen and oxygen atoms in total. The molecule has 0 spiro atoms. The van der Waals surface area contributed by atoms with E-state index in [4.69, 9.17) is 10.5 Å². The number of carbonyl (C=O) groups excluding carboxylic acids is 1. The van der Waals surface area contributed by atoms with Crippen molar-refractivity contribution < 1.29 is 31.5 Å². The first-order valence-electron chi connectivity index (χ1n) is 7.14. The molecule has 0 amide bonds. The molecule has 130 valence electrons. The highest BCUT2D eigenvalue weighted by atomic mass is 19.2. The van der Waals surface area contributed by atoms with Crippen LogP contribution in [0.25, 0.3) is 0 Å². The summed E-state index contributed by atoms with van der Waals surface area (Å²) in [5.74, 6) is -13.9. The molecule has 25 heavy (non-hydrogen) atoms. The molecule has 1 aromatic rings. The monoisotopic (exact) mass is 356 g/mol. The fourth-order valence-corrected chi connectivity index (χ4v) is 3.02. The minimum atomic E-state index is -2.33. The van der Waals surface area contributed by atoms with Gasteiger partial charge in [-0.15, -0.1) is 0 Å². The number of carbonyl (C=O) groups is 1. The lowest BCUT2D eigenvalue weighted by atomic mass is 9.77. The van der Waals surface area contributed by atoms with E-state index in [-0.39, 0.29) is 24.2 Å². The van der Waals surface area contributed by atoms with E-state index < -0.39 is 57.8 Å². The van der Waals surface area contributed by atoms with E-state index in [9.17, 15) is 32.0 Å². The summed E-state index contributed by atoms with van der Waals surface area (Å²) in [4.78, 5) is 12.2. The van der Waals surface area contributed by atoms with E-state index in [0.717, 1.165) is 0 Å². The maximum atomic E-state index is 14.2. The van der Waals surface area contributed by atoms with Crippen molar-refractivity contribution in [3.8, 4) is 6.07 Å². The lowest BCUT2D eigenvalue weighted by molar-refractivity contribution is -0.116. The summed E-state index contributed by atoms with van der Waals surface area (Å²) in [6.07, 6.45) is 0.551. The summed E-state index contributed by atoms with van der Waals surface area (Å²) in [6, 6.07) is 1.54. The average Bonchev–Trinajstić information content (AvgIpc) is 2.58. The zero-order valence-corrected chi connectivity index (χ0v) is 12.4. The fraction of sp³-hybridized carbons (Fsp3) is 0.250. The first-order chi connectivity index (χ1) is 11.8. The maximum absolute atomic E-state index is 14.2. The normalized spacial score (nSPS) is 20.3. The topological polar surface area (TPSA) is 76.1 Å². The van der Waals surface area contributed by atoms with Gasteiger partial charge in [0.2, 0.25) is 11.7 Å². The van der Waals surface area contributed by atoms with Crippen LogP contribution in [0.2, 0.25) is 0 Å². The van der Waals surface area contributed by atoms with Crippen molar-refractivity contribution in [3.63, 3.8) is 0 Å². The van der Waals surface area contributed by atoms with Gasteiger partial charge in [-0.25, -0.2) is 22.0 Å². The number of allylic oxidation sites excluding steroid dienone is 3. The van der Waals surface area contributed by atoms with E-state index in [1.54, 1.807) is 0 Å². The highest BCUT2D eigenvalue weighted by molar-refractivity contribution is 5.99. The molecule has 0 fully saturated rings. The van der Waals surface area contributed by atoms with Crippen molar-refractivity contribution in [2.24, 2.45) is 5.73 Å². The van der Waals surface area contributed by atoms with Crippen LogP contribution in [0, 0.1) is 40.4 Å². The van der Waals surface area contributed by atoms with Crippen molar-refractivity contribution in [1.29, 1.82) is 5.26 Å². The van der Waals surface area contributed by atoms with E-state index in [1.807, 2.05) is 0 Å². The molecule has 9 heteroatoms. The minimum absolute atomic E-state index is 0.00724. The Hall–Kier alpha value is -2.89. The zero-order chi connectivity index (χ0) is 18.5. The van der Waals surface area contributed by atoms with Gasteiger partial charge in [0.15, 0.2) is 29.1 Å². The predicted molar refractivity (Wildman–Crippen MR) is 72.8 cm³/mol.